The predicted octanol–water partition coefficient (Wildman–Crippen LogP) is 3.03. The molecule has 2 rings (SSSR count). The fourth-order valence-corrected chi connectivity index (χ4v) is 1.44. The van der Waals surface area contributed by atoms with Crippen LogP contribution in [0.25, 0.3) is 11.5 Å². The van der Waals surface area contributed by atoms with Crippen LogP contribution < -0.4 is 0 Å². The molecule has 2 aromatic rings. The second-order valence-corrected chi connectivity index (χ2v) is 3.38. The smallest absolute Gasteiger partial charge is 0.418 e. The Morgan fingerprint density at radius 1 is 1.24 bits per heavy atom. The first kappa shape index (κ1) is 11.8. The molecule has 2 aromatic heterocycles. The van der Waals surface area contributed by atoms with Crippen LogP contribution in [-0.2, 0) is 12.5 Å². The quantitative estimate of drug-likeness (QED) is 0.750. The summed E-state index contributed by atoms with van der Waals surface area (Å²) in [6, 6.07) is 5.16. The third kappa shape index (κ3) is 2.35. The zero-order valence-electron chi connectivity index (χ0n) is 8.66. The van der Waals surface area contributed by atoms with Crippen molar-refractivity contribution in [3.63, 3.8) is 0 Å². The standard InChI is InChI=1S/C11H7BF3NO/c12-6-7-3-4-8(11(13,14)15)10(16-7)9-2-1-5-17-9/h1-5H,6H2. The van der Waals surface area contributed by atoms with Crippen LogP contribution in [0.4, 0.5) is 13.2 Å². The molecule has 2 radical (unpaired) electrons. The van der Waals surface area contributed by atoms with Crippen molar-refractivity contribution in [2.45, 2.75) is 12.5 Å². The zero-order valence-corrected chi connectivity index (χ0v) is 8.66. The summed E-state index contributed by atoms with van der Waals surface area (Å²) < 4.78 is 43.2. The molecular weight excluding hydrogens is 230 g/mol. The van der Waals surface area contributed by atoms with Gasteiger partial charge in [0.1, 0.15) is 5.69 Å². The molecule has 17 heavy (non-hydrogen) atoms. The van der Waals surface area contributed by atoms with E-state index in [2.05, 4.69) is 4.98 Å². The number of halogens is 3. The van der Waals surface area contributed by atoms with Gasteiger partial charge in [-0.05, 0) is 30.6 Å². The van der Waals surface area contributed by atoms with Gasteiger partial charge >= 0.3 is 6.18 Å². The van der Waals surface area contributed by atoms with Gasteiger partial charge in [-0.25, -0.2) is 4.98 Å². The molecule has 86 valence electrons. The normalized spacial score (nSPS) is 11.7. The Bertz CT molecular complexity index is 508. The Balaban J connectivity index is 2.61. The fourth-order valence-electron chi connectivity index (χ4n) is 1.44. The van der Waals surface area contributed by atoms with Crippen molar-refractivity contribution in [1.29, 1.82) is 0 Å². The Labute approximate surface area is 96.9 Å². The van der Waals surface area contributed by atoms with E-state index in [4.69, 9.17) is 12.3 Å². The van der Waals surface area contributed by atoms with Gasteiger partial charge in [-0.2, -0.15) is 13.2 Å². The highest BCUT2D eigenvalue weighted by Crippen LogP contribution is 2.36. The van der Waals surface area contributed by atoms with E-state index in [1.807, 2.05) is 0 Å². The summed E-state index contributed by atoms with van der Waals surface area (Å²) in [6.45, 7) is 0. The molecule has 0 saturated heterocycles. The molecular formula is C11H7BF3NO. The maximum atomic E-state index is 12.8. The highest BCUT2D eigenvalue weighted by molar-refractivity contribution is 6.08. The number of nitrogens with zero attached hydrogens (tertiary/aromatic N) is 1. The summed E-state index contributed by atoms with van der Waals surface area (Å²) in [6.07, 6.45) is -3.10. The lowest BCUT2D eigenvalue weighted by atomic mass is 10.00. The van der Waals surface area contributed by atoms with Crippen LogP contribution in [0.15, 0.2) is 34.9 Å². The summed E-state index contributed by atoms with van der Waals surface area (Å²) in [5.41, 5.74) is -0.681. The van der Waals surface area contributed by atoms with Crippen molar-refractivity contribution in [3.05, 3.63) is 41.8 Å². The molecule has 0 fully saturated rings. The largest absolute Gasteiger partial charge is 0.463 e. The maximum absolute atomic E-state index is 12.8. The molecule has 0 atom stereocenters. The SMILES string of the molecule is [B]Cc1ccc(C(F)(F)F)c(-c2ccco2)n1. The maximum Gasteiger partial charge on any atom is 0.418 e. The van der Waals surface area contributed by atoms with E-state index in [0.29, 0.717) is 5.69 Å². The Morgan fingerprint density at radius 2 is 2.00 bits per heavy atom. The zero-order chi connectivity index (χ0) is 12.5. The van der Waals surface area contributed by atoms with Crippen LogP contribution in [0.1, 0.15) is 11.3 Å². The van der Waals surface area contributed by atoms with Gasteiger partial charge in [0.15, 0.2) is 5.76 Å². The molecule has 0 unspecified atom stereocenters. The molecule has 0 bridgehead atoms. The molecule has 0 aliphatic carbocycles. The van der Waals surface area contributed by atoms with Gasteiger partial charge in [-0.15, -0.1) is 0 Å². The van der Waals surface area contributed by atoms with Crippen LogP contribution in [-0.4, -0.2) is 12.8 Å². The number of hydrogen-bond donors (Lipinski definition) is 0. The van der Waals surface area contributed by atoms with Gasteiger partial charge in [0.25, 0.3) is 0 Å². The lowest BCUT2D eigenvalue weighted by molar-refractivity contribution is -0.137. The molecule has 2 heterocycles. The second kappa shape index (κ2) is 4.27. The van der Waals surface area contributed by atoms with E-state index < -0.39 is 11.7 Å². The third-order valence-corrected chi connectivity index (χ3v) is 2.22. The minimum atomic E-state index is -4.47. The molecule has 0 spiro atoms. The number of aromatic nitrogens is 1. The van der Waals surface area contributed by atoms with Gasteiger partial charge < -0.3 is 4.42 Å². The Hall–Kier alpha value is -1.72. The molecule has 2 nitrogen and oxygen atoms in total. The predicted molar refractivity (Wildman–Crippen MR) is 56.4 cm³/mol. The Morgan fingerprint density at radius 3 is 2.53 bits per heavy atom. The fraction of sp³-hybridized carbons (Fsp3) is 0.182. The van der Waals surface area contributed by atoms with E-state index in [1.54, 1.807) is 0 Å². The highest BCUT2D eigenvalue weighted by atomic mass is 19.4. The number of pyridine rings is 1. The van der Waals surface area contributed by atoms with Crippen LogP contribution >= 0.6 is 0 Å². The second-order valence-electron chi connectivity index (χ2n) is 3.38. The number of furan rings is 1. The summed E-state index contributed by atoms with van der Waals surface area (Å²) in [4.78, 5) is 3.86. The summed E-state index contributed by atoms with van der Waals surface area (Å²) in [5, 5.41) is 0. The highest BCUT2D eigenvalue weighted by Gasteiger charge is 2.35. The number of hydrogen-bond acceptors (Lipinski definition) is 2. The first-order valence-electron chi connectivity index (χ1n) is 4.83. The minimum absolute atomic E-state index is 0.0752. The molecule has 0 aromatic carbocycles. The average Bonchev–Trinajstić information content (AvgIpc) is 2.80. The summed E-state index contributed by atoms with van der Waals surface area (Å²) in [5.74, 6) is 0.0765. The average molecular weight is 237 g/mol. The van der Waals surface area contributed by atoms with Gasteiger partial charge in [-0.3, -0.25) is 0 Å². The first-order chi connectivity index (χ1) is 8.02. The molecule has 6 heteroatoms. The third-order valence-electron chi connectivity index (χ3n) is 2.22. The van der Waals surface area contributed by atoms with Crippen molar-refractivity contribution in [3.8, 4) is 11.5 Å². The van der Waals surface area contributed by atoms with Crippen molar-refractivity contribution >= 4 is 7.85 Å². The van der Waals surface area contributed by atoms with Gasteiger partial charge in [0, 0.05) is 5.69 Å². The van der Waals surface area contributed by atoms with Crippen molar-refractivity contribution < 1.29 is 17.6 Å². The van der Waals surface area contributed by atoms with E-state index in [-0.39, 0.29) is 17.8 Å². The molecule has 0 amide bonds. The number of rotatable bonds is 2. The topological polar surface area (TPSA) is 26.0 Å². The molecule has 0 aliphatic rings. The van der Waals surface area contributed by atoms with Crippen LogP contribution in [0.2, 0.25) is 0 Å². The molecule has 0 aliphatic heterocycles. The van der Waals surface area contributed by atoms with Gasteiger partial charge in [0.05, 0.1) is 19.7 Å². The van der Waals surface area contributed by atoms with Crippen LogP contribution in [0.3, 0.4) is 0 Å². The molecule has 0 N–H and O–H groups in total. The minimum Gasteiger partial charge on any atom is -0.463 e. The van der Waals surface area contributed by atoms with E-state index in [1.165, 1.54) is 24.5 Å². The first-order valence-corrected chi connectivity index (χ1v) is 4.83. The monoisotopic (exact) mass is 237 g/mol. The molecule has 0 saturated carbocycles. The van der Waals surface area contributed by atoms with Gasteiger partial charge in [-0.1, -0.05) is 0 Å². The Kier molecular flexibility index (Phi) is 2.96. The van der Waals surface area contributed by atoms with E-state index >= 15 is 0 Å². The van der Waals surface area contributed by atoms with Crippen LogP contribution in [0.5, 0.6) is 0 Å². The number of alkyl halides is 3. The van der Waals surface area contributed by atoms with Gasteiger partial charge in [0.2, 0.25) is 0 Å². The van der Waals surface area contributed by atoms with Crippen molar-refractivity contribution in [2.24, 2.45) is 0 Å². The lowest BCUT2D eigenvalue weighted by Crippen LogP contribution is -2.09. The van der Waals surface area contributed by atoms with E-state index in [9.17, 15) is 13.2 Å². The lowest BCUT2D eigenvalue weighted by Gasteiger charge is -2.11. The summed E-state index contributed by atoms with van der Waals surface area (Å²) >= 11 is 0. The summed E-state index contributed by atoms with van der Waals surface area (Å²) in [7, 11) is 5.36. The van der Waals surface area contributed by atoms with Crippen LogP contribution in [0, 0.1) is 0 Å². The van der Waals surface area contributed by atoms with Crippen molar-refractivity contribution in [1.82, 2.24) is 4.98 Å². The van der Waals surface area contributed by atoms with Crippen molar-refractivity contribution in [2.75, 3.05) is 0 Å². The van der Waals surface area contributed by atoms with E-state index in [0.717, 1.165) is 6.07 Å².